The average molecular weight is 474 g/mol. The van der Waals surface area contributed by atoms with Gasteiger partial charge >= 0.3 is 0 Å². The van der Waals surface area contributed by atoms with E-state index in [2.05, 4.69) is 118 Å². The molecule has 0 spiro atoms. The Morgan fingerprint density at radius 2 is 1.53 bits per heavy atom. The number of hydrogen-bond acceptors (Lipinski definition) is 3. The fraction of sp³-hybridized carbons (Fsp3) is 0.400. The molecule has 1 unspecified atom stereocenters. The number of nitrogens with one attached hydrogen (secondary N) is 1. The number of benzene rings is 2. The third kappa shape index (κ3) is 3.48. The third-order valence-electron chi connectivity index (χ3n) is 8.16. The molecule has 1 atom stereocenters. The van der Waals surface area contributed by atoms with Crippen molar-refractivity contribution in [3.05, 3.63) is 93.8 Å². The first-order chi connectivity index (χ1) is 16.1. The molecule has 0 saturated heterocycles. The van der Waals surface area contributed by atoms with Crippen LogP contribution >= 0.6 is 11.6 Å². The molecule has 0 bridgehead atoms. The van der Waals surface area contributed by atoms with Gasteiger partial charge in [0.15, 0.2) is 0 Å². The van der Waals surface area contributed by atoms with Gasteiger partial charge in [0.05, 0.1) is 5.03 Å². The van der Waals surface area contributed by atoms with Crippen molar-refractivity contribution in [3.8, 4) is 0 Å². The number of rotatable bonds is 3. The summed E-state index contributed by atoms with van der Waals surface area (Å²) in [5.41, 5.74) is 8.99. The average Bonchev–Trinajstić information content (AvgIpc) is 3.13. The van der Waals surface area contributed by atoms with Gasteiger partial charge in [-0.15, -0.1) is 0 Å². The zero-order valence-corrected chi connectivity index (χ0v) is 22.0. The van der Waals surface area contributed by atoms with E-state index in [-0.39, 0.29) is 17.0 Å². The van der Waals surface area contributed by atoms with Crippen LogP contribution in [-0.4, -0.2) is 20.3 Å². The lowest BCUT2D eigenvalue weighted by molar-refractivity contribution is 0.380. The monoisotopic (exact) mass is 473 g/mol. The van der Waals surface area contributed by atoms with Gasteiger partial charge in [0.2, 0.25) is 0 Å². The molecule has 2 aromatic carbocycles. The second kappa shape index (κ2) is 8.23. The Kier molecular flexibility index (Phi) is 5.60. The normalized spacial score (nSPS) is 25.2. The van der Waals surface area contributed by atoms with E-state index in [1.165, 1.54) is 33.8 Å². The van der Waals surface area contributed by atoms with Crippen LogP contribution in [0.2, 0.25) is 0 Å². The van der Waals surface area contributed by atoms with Crippen molar-refractivity contribution in [2.24, 2.45) is 0 Å². The zero-order valence-electron chi connectivity index (χ0n) is 21.2. The van der Waals surface area contributed by atoms with Crippen molar-refractivity contribution in [2.45, 2.75) is 64.0 Å². The highest BCUT2D eigenvalue weighted by Gasteiger charge is 2.43. The maximum atomic E-state index is 7.05. The summed E-state index contributed by atoms with van der Waals surface area (Å²) in [6, 6.07) is 17.4. The SMILES string of the molecule is CN1/C(=C/C=C2\CCCC(NC3N(C)c4ccccc4C3(C)C)=C2Cl)C(C)(C)c2ccccc21. The predicted octanol–water partition coefficient (Wildman–Crippen LogP) is 7.20. The van der Waals surface area contributed by atoms with Gasteiger partial charge in [-0.1, -0.05) is 81.8 Å². The fourth-order valence-corrected chi connectivity index (χ4v) is 6.49. The van der Waals surface area contributed by atoms with Crippen molar-refractivity contribution < 1.29 is 0 Å². The number of nitrogens with zero attached hydrogens (tertiary/aromatic N) is 2. The van der Waals surface area contributed by atoms with Crippen LogP contribution < -0.4 is 15.1 Å². The Hall–Kier alpha value is -2.65. The lowest BCUT2D eigenvalue weighted by atomic mass is 9.83. The first-order valence-corrected chi connectivity index (χ1v) is 12.7. The Balaban J connectivity index is 1.44. The van der Waals surface area contributed by atoms with E-state index in [0.717, 1.165) is 30.0 Å². The Morgan fingerprint density at radius 3 is 2.21 bits per heavy atom. The van der Waals surface area contributed by atoms with Crippen LogP contribution in [0.25, 0.3) is 0 Å². The fourth-order valence-electron chi connectivity index (χ4n) is 6.18. The van der Waals surface area contributed by atoms with Crippen LogP contribution in [0.3, 0.4) is 0 Å². The van der Waals surface area contributed by atoms with Crippen LogP contribution in [0.5, 0.6) is 0 Å². The maximum Gasteiger partial charge on any atom is 0.108 e. The molecule has 2 aromatic rings. The van der Waals surface area contributed by atoms with Gasteiger partial charge in [-0.2, -0.15) is 0 Å². The highest BCUT2D eigenvalue weighted by Crippen LogP contribution is 2.47. The van der Waals surface area contributed by atoms with Gasteiger partial charge in [0.1, 0.15) is 6.17 Å². The van der Waals surface area contributed by atoms with Crippen LogP contribution in [0.4, 0.5) is 11.4 Å². The van der Waals surface area contributed by atoms with Crippen LogP contribution in [0.15, 0.2) is 82.7 Å². The molecular weight excluding hydrogens is 438 g/mol. The second-order valence-corrected chi connectivity index (χ2v) is 11.4. The molecule has 1 aliphatic carbocycles. The lowest BCUT2D eigenvalue weighted by Crippen LogP contribution is -2.50. The standard InChI is InChI=1S/C30H36ClN3/c1-29(2)21-13-7-9-16-24(21)33(5)26(29)19-18-20-12-11-15-23(27(20)31)32-28-30(3,4)22-14-8-10-17-25(22)34(28)6/h7-10,13-14,16-19,28,32H,11-12,15H2,1-6H3/b20-18+,26-19+. The van der Waals surface area contributed by atoms with E-state index in [1.54, 1.807) is 0 Å². The highest BCUT2D eigenvalue weighted by molar-refractivity contribution is 6.32. The number of anilines is 2. The first kappa shape index (κ1) is 23.1. The smallest absolute Gasteiger partial charge is 0.108 e. The van der Waals surface area contributed by atoms with E-state index < -0.39 is 0 Å². The molecule has 5 rings (SSSR count). The van der Waals surface area contributed by atoms with Crippen LogP contribution in [0.1, 0.15) is 58.1 Å². The van der Waals surface area contributed by atoms with Crippen molar-refractivity contribution in [3.63, 3.8) is 0 Å². The molecule has 0 fully saturated rings. The topological polar surface area (TPSA) is 18.5 Å². The van der Waals surface area contributed by atoms with Gasteiger partial charge in [0, 0.05) is 47.7 Å². The van der Waals surface area contributed by atoms with E-state index in [4.69, 9.17) is 11.6 Å². The molecule has 0 amide bonds. The lowest BCUT2D eigenvalue weighted by Gasteiger charge is -2.36. The van der Waals surface area contributed by atoms with Gasteiger partial charge in [-0.05, 0) is 54.2 Å². The minimum Gasteiger partial charge on any atom is -0.367 e. The molecular formula is C30H36ClN3. The van der Waals surface area contributed by atoms with Crippen LogP contribution in [-0.2, 0) is 10.8 Å². The van der Waals surface area contributed by atoms with Crippen LogP contribution in [0, 0.1) is 0 Å². The Morgan fingerprint density at radius 1 is 0.882 bits per heavy atom. The summed E-state index contributed by atoms with van der Waals surface area (Å²) in [5, 5.41) is 4.74. The molecule has 1 N–H and O–H groups in total. The van der Waals surface area contributed by atoms with Crippen molar-refractivity contribution in [1.82, 2.24) is 5.32 Å². The number of allylic oxidation sites excluding steroid dienone is 6. The quantitative estimate of drug-likeness (QED) is 0.508. The minimum absolute atomic E-state index is 0.0127. The largest absolute Gasteiger partial charge is 0.367 e. The Labute approximate surface area is 209 Å². The predicted molar refractivity (Wildman–Crippen MR) is 146 cm³/mol. The summed E-state index contributed by atoms with van der Waals surface area (Å²) in [7, 11) is 4.35. The summed E-state index contributed by atoms with van der Waals surface area (Å²) in [6.45, 7) is 9.25. The minimum atomic E-state index is -0.0311. The van der Waals surface area contributed by atoms with E-state index >= 15 is 0 Å². The van der Waals surface area contributed by atoms with Gasteiger partial charge in [-0.25, -0.2) is 0 Å². The molecule has 34 heavy (non-hydrogen) atoms. The van der Waals surface area contributed by atoms with E-state index in [1.807, 2.05) is 0 Å². The molecule has 3 nitrogen and oxygen atoms in total. The molecule has 3 aliphatic rings. The Bertz CT molecular complexity index is 1220. The molecule has 178 valence electrons. The molecule has 0 saturated carbocycles. The summed E-state index contributed by atoms with van der Waals surface area (Å²) in [5.74, 6) is 0. The second-order valence-electron chi connectivity index (χ2n) is 11.0. The van der Waals surface area contributed by atoms with Crippen molar-refractivity contribution >= 4 is 23.0 Å². The van der Waals surface area contributed by atoms with E-state index in [0.29, 0.717) is 0 Å². The van der Waals surface area contributed by atoms with E-state index in [9.17, 15) is 0 Å². The van der Waals surface area contributed by atoms with Gasteiger partial charge < -0.3 is 15.1 Å². The van der Waals surface area contributed by atoms with Crippen molar-refractivity contribution in [2.75, 3.05) is 23.9 Å². The highest BCUT2D eigenvalue weighted by atomic mass is 35.5. The van der Waals surface area contributed by atoms with Gasteiger partial charge in [-0.3, -0.25) is 0 Å². The summed E-state index contributed by atoms with van der Waals surface area (Å²) in [4.78, 5) is 4.68. The summed E-state index contributed by atoms with van der Waals surface area (Å²) >= 11 is 7.05. The number of para-hydroxylation sites is 2. The molecule has 2 heterocycles. The maximum absolute atomic E-state index is 7.05. The zero-order chi connectivity index (χ0) is 24.3. The summed E-state index contributed by atoms with van der Waals surface area (Å²) in [6.07, 6.45) is 7.80. The van der Waals surface area contributed by atoms with Crippen molar-refractivity contribution in [1.29, 1.82) is 0 Å². The number of likely N-dealkylation sites (N-methyl/N-ethyl adjacent to an activating group) is 2. The van der Waals surface area contributed by atoms with Gasteiger partial charge in [0.25, 0.3) is 0 Å². The third-order valence-corrected chi connectivity index (χ3v) is 8.63. The number of halogens is 1. The molecule has 0 aromatic heterocycles. The molecule has 0 radical (unpaired) electrons. The molecule has 2 aliphatic heterocycles. The number of fused-ring (bicyclic) bond motifs is 2. The summed E-state index contributed by atoms with van der Waals surface area (Å²) < 4.78 is 0. The first-order valence-electron chi connectivity index (χ1n) is 12.4. The number of hydrogen-bond donors (Lipinski definition) is 1. The molecule has 4 heteroatoms.